The Morgan fingerprint density at radius 3 is 2.06 bits per heavy atom. The lowest BCUT2D eigenvalue weighted by Crippen LogP contribution is -1.92. The maximum absolute atomic E-state index is 10.2. The van der Waals surface area contributed by atoms with Crippen molar-refractivity contribution in [2.24, 2.45) is 0 Å². The number of allylic oxidation sites excluding steroid dienone is 3. The highest BCUT2D eigenvalue weighted by Gasteiger charge is 1.93. The van der Waals surface area contributed by atoms with Crippen LogP contribution >= 0.6 is 0 Å². The number of carbonyl (C=O) groups is 1. The maximum atomic E-state index is 10.2. The molecule has 0 aromatic rings. The van der Waals surface area contributed by atoms with Crippen LogP contribution in [0, 0.1) is 0 Å². The minimum Gasteiger partial charge on any atom is -0.481 e. The fourth-order valence-electron chi connectivity index (χ4n) is 1.51. The lowest BCUT2D eigenvalue weighted by atomic mass is 10.1. The highest BCUT2D eigenvalue weighted by atomic mass is 16.4. The summed E-state index contributed by atoms with van der Waals surface area (Å²) in [5.41, 5.74) is 0. The van der Waals surface area contributed by atoms with Crippen molar-refractivity contribution in [1.82, 2.24) is 0 Å². The molecule has 0 spiro atoms. The molecular formula is C14H24O2. The Hall–Kier alpha value is -1.05. The van der Waals surface area contributed by atoms with Crippen LogP contribution in [-0.2, 0) is 4.79 Å². The van der Waals surface area contributed by atoms with E-state index in [0.717, 1.165) is 25.7 Å². The summed E-state index contributed by atoms with van der Waals surface area (Å²) in [5.74, 6) is -0.699. The summed E-state index contributed by atoms with van der Waals surface area (Å²) in [5, 5.41) is 8.43. The summed E-state index contributed by atoms with van der Waals surface area (Å²) in [6.07, 6.45) is 15.5. The third kappa shape index (κ3) is 12.9. The minimum atomic E-state index is -0.699. The minimum absolute atomic E-state index is 0.284. The zero-order valence-electron chi connectivity index (χ0n) is 10.2. The van der Waals surface area contributed by atoms with Gasteiger partial charge in [0.05, 0.1) is 0 Å². The molecule has 0 unspecified atom stereocenters. The molecule has 16 heavy (non-hydrogen) atoms. The quantitative estimate of drug-likeness (QED) is 0.419. The first-order valence-electron chi connectivity index (χ1n) is 6.25. The van der Waals surface area contributed by atoms with Crippen LogP contribution < -0.4 is 0 Å². The molecule has 0 heterocycles. The van der Waals surface area contributed by atoms with Gasteiger partial charge in [-0.1, -0.05) is 31.1 Å². The predicted molar refractivity (Wildman–Crippen MR) is 68.5 cm³/mol. The van der Waals surface area contributed by atoms with E-state index in [1.807, 2.05) is 6.08 Å². The van der Waals surface area contributed by atoms with Crippen molar-refractivity contribution in [2.75, 3.05) is 0 Å². The highest BCUT2D eigenvalue weighted by molar-refractivity contribution is 5.66. The van der Waals surface area contributed by atoms with Crippen molar-refractivity contribution < 1.29 is 9.90 Å². The Kier molecular flexibility index (Phi) is 11.2. The fraction of sp³-hybridized carbons (Fsp3) is 0.643. The zero-order valence-corrected chi connectivity index (χ0v) is 10.2. The number of rotatable bonds is 11. The molecule has 0 amide bonds. The normalized spacial score (nSPS) is 10.8. The van der Waals surface area contributed by atoms with Crippen LogP contribution in [0.4, 0.5) is 0 Å². The van der Waals surface area contributed by atoms with E-state index in [9.17, 15) is 4.79 Å². The Morgan fingerprint density at radius 2 is 1.50 bits per heavy atom. The second-order valence-electron chi connectivity index (χ2n) is 4.04. The fourth-order valence-corrected chi connectivity index (χ4v) is 1.51. The largest absolute Gasteiger partial charge is 0.481 e. The van der Waals surface area contributed by atoms with Gasteiger partial charge in [-0.25, -0.2) is 0 Å². The van der Waals surface area contributed by atoms with Crippen LogP contribution in [0.1, 0.15) is 57.8 Å². The summed E-state index contributed by atoms with van der Waals surface area (Å²) >= 11 is 0. The maximum Gasteiger partial charge on any atom is 0.303 e. The van der Waals surface area contributed by atoms with E-state index < -0.39 is 5.97 Å². The molecule has 0 aliphatic carbocycles. The second-order valence-corrected chi connectivity index (χ2v) is 4.04. The SMILES string of the molecule is C=CCCCCCC/C=C\CCCC(=O)O. The van der Waals surface area contributed by atoms with Crippen LogP contribution in [0.25, 0.3) is 0 Å². The third-order valence-electron chi connectivity index (χ3n) is 2.46. The molecule has 92 valence electrons. The molecular weight excluding hydrogens is 200 g/mol. The second kappa shape index (κ2) is 12.0. The summed E-state index contributed by atoms with van der Waals surface area (Å²) in [7, 11) is 0. The van der Waals surface area contributed by atoms with Crippen molar-refractivity contribution in [3.05, 3.63) is 24.8 Å². The average molecular weight is 224 g/mol. The van der Waals surface area contributed by atoms with E-state index >= 15 is 0 Å². The zero-order chi connectivity index (χ0) is 12.1. The smallest absolute Gasteiger partial charge is 0.303 e. The van der Waals surface area contributed by atoms with Gasteiger partial charge in [0.25, 0.3) is 0 Å². The Morgan fingerprint density at radius 1 is 0.938 bits per heavy atom. The molecule has 0 bridgehead atoms. The molecule has 0 atom stereocenters. The highest BCUT2D eigenvalue weighted by Crippen LogP contribution is 2.06. The van der Waals surface area contributed by atoms with Crippen LogP contribution in [0.5, 0.6) is 0 Å². The van der Waals surface area contributed by atoms with Crippen LogP contribution in [-0.4, -0.2) is 11.1 Å². The van der Waals surface area contributed by atoms with E-state index in [-0.39, 0.29) is 6.42 Å². The van der Waals surface area contributed by atoms with E-state index in [2.05, 4.69) is 18.7 Å². The molecule has 0 aromatic carbocycles. The first-order valence-corrected chi connectivity index (χ1v) is 6.25. The van der Waals surface area contributed by atoms with Gasteiger partial charge >= 0.3 is 5.97 Å². The van der Waals surface area contributed by atoms with E-state index in [1.54, 1.807) is 0 Å². The number of unbranched alkanes of at least 4 members (excludes halogenated alkanes) is 6. The Bertz CT molecular complexity index is 207. The van der Waals surface area contributed by atoms with Crippen LogP contribution in [0.2, 0.25) is 0 Å². The van der Waals surface area contributed by atoms with E-state index in [1.165, 1.54) is 25.7 Å². The lowest BCUT2D eigenvalue weighted by Gasteiger charge is -1.96. The molecule has 0 aromatic heterocycles. The number of hydrogen-bond acceptors (Lipinski definition) is 1. The van der Waals surface area contributed by atoms with Gasteiger partial charge in [0.2, 0.25) is 0 Å². The van der Waals surface area contributed by atoms with Gasteiger partial charge < -0.3 is 5.11 Å². The molecule has 0 saturated carbocycles. The molecule has 0 rings (SSSR count). The predicted octanol–water partition coefficient (Wildman–Crippen LogP) is 4.32. The first-order chi connectivity index (χ1) is 7.77. The average Bonchev–Trinajstić information content (AvgIpc) is 2.25. The van der Waals surface area contributed by atoms with Crippen molar-refractivity contribution in [1.29, 1.82) is 0 Å². The first kappa shape index (κ1) is 14.9. The standard InChI is InChI=1S/C14H24O2/c1-2-3-4-5-6-7-8-9-10-11-12-13-14(15)16/h2,9-10H,1,3-8,11-13H2,(H,15,16)/b10-9-. The van der Waals surface area contributed by atoms with Crippen molar-refractivity contribution >= 4 is 5.97 Å². The van der Waals surface area contributed by atoms with Gasteiger partial charge in [-0.15, -0.1) is 6.58 Å². The van der Waals surface area contributed by atoms with Gasteiger partial charge in [-0.05, 0) is 38.5 Å². The van der Waals surface area contributed by atoms with Crippen molar-refractivity contribution in [3.8, 4) is 0 Å². The molecule has 0 radical (unpaired) electrons. The number of carboxylic acids is 1. The number of carboxylic acid groups (broad SMARTS) is 1. The molecule has 2 heteroatoms. The number of hydrogen-bond donors (Lipinski definition) is 1. The van der Waals surface area contributed by atoms with Gasteiger partial charge in [0.1, 0.15) is 0 Å². The summed E-state index contributed by atoms with van der Waals surface area (Å²) in [6, 6.07) is 0. The van der Waals surface area contributed by atoms with Gasteiger partial charge in [0, 0.05) is 6.42 Å². The monoisotopic (exact) mass is 224 g/mol. The van der Waals surface area contributed by atoms with Crippen LogP contribution in [0.3, 0.4) is 0 Å². The van der Waals surface area contributed by atoms with E-state index in [0.29, 0.717) is 0 Å². The molecule has 2 nitrogen and oxygen atoms in total. The number of aliphatic carboxylic acids is 1. The van der Waals surface area contributed by atoms with Crippen molar-refractivity contribution in [3.63, 3.8) is 0 Å². The van der Waals surface area contributed by atoms with Gasteiger partial charge in [-0.2, -0.15) is 0 Å². The molecule has 0 aliphatic rings. The molecule has 1 N–H and O–H groups in total. The molecule has 0 saturated heterocycles. The summed E-state index contributed by atoms with van der Waals surface area (Å²) < 4.78 is 0. The van der Waals surface area contributed by atoms with E-state index in [4.69, 9.17) is 5.11 Å². The topological polar surface area (TPSA) is 37.3 Å². The Balaban J connectivity index is 3.09. The lowest BCUT2D eigenvalue weighted by molar-refractivity contribution is -0.137. The van der Waals surface area contributed by atoms with Gasteiger partial charge in [0.15, 0.2) is 0 Å². The summed E-state index contributed by atoms with van der Waals surface area (Å²) in [4.78, 5) is 10.2. The molecule has 0 fully saturated rings. The van der Waals surface area contributed by atoms with Gasteiger partial charge in [-0.3, -0.25) is 4.79 Å². The Labute approximate surface area is 99.1 Å². The summed E-state index contributed by atoms with van der Waals surface area (Å²) in [6.45, 7) is 3.70. The third-order valence-corrected chi connectivity index (χ3v) is 2.46. The van der Waals surface area contributed by atoms with Crippen LogP contribution in [0.15, 0.2) is 24.8 Å². The molecule has 0 aliphatic heterocycles. The van der Waals surface area contributed by atoms with Crippen molar-refractivity contribution in [2.45, 2.75) is 57.8 Å².